The lowest BCUT2D eigenvalue weighted by molar-refractivity contribution is 0.0944. The molecule has 0 aliphatic rings. The fourth-order valence-electron chi connectivity index (χ4n) is 2.31. The van der Waals surface area contributed by atoms with Crippen LogP contribution in [-0.2, 0) is 5.75 Å². The summed E-state index contributed by atoms with van der Waals surface area (Å²) in [7, 11) is 0. The SMILES string of the molecule is Cc1nnc(SCc2nc(C(=O)NCC(C)C)cs2)n1-c1ccccc1. The highest BCUT2D eigenvalue weighted by molar-refractivity contribution is 7.98. The van der Waals surface area contributed by atoms with Gasteiger partial charge in [-0.15, -0.1) is 21.5 Å². The Morgan fingerprint density at radius 2 is 2.04 bits per heavy atom. The van der Waals surface area contributed by atoms with Gasteiger partial charge in [0.05, 0.1) is 5.75 Å². The second-order valence-electron chi connectivity index (χ2n) is 6.22. The monoisotopic (exact) mass is 387 g/mol. The van der Waals surface area contributed by atoms with Crippen LogP contribution in [0.25, 0.3) is 5.69 Å². The Hall–Kier alpha value is -2.19. The van der Waals surface area contributed by atoms with E-state index in [4.69, 9.17) is 0 Å². The number of carbonyl (C=O) groups is 1. The van der Waals surface area contributed by atoms with E-state index < -0.39 is 0 Å². The highest BCUT2D eigenvalue weighted by Crippen LogP contribution is 2.26. The van der Waals surface area contributed by atoms with Gasteiger partial charge in [0, 0.05) is 17.6 Å². The van der Waals surface area contributed by atoms with Gasteiger partial charge in [0.1, 0.15) is 16.5 Å². The average Bonchev–Trinajstić information content (AvgIpc) is 3.25. The highest BCUT2D eigenvalue weighted by Gasteiger charge is 2.14. The standard InChI is InChI=1S/C18H21N5OS2/c1-12(2)9-19-17(24)15-10-25-16(20-15)11-26-18-22-21-13(3)23(18)14-7-5-4-6-8-14/h4-8,10,12H,9,11H2,1-3H3,(H,19,24). The van der Waals surface area contributed by atoms with E-state index in [9.17, 15) is 4.79 Å². The molecule has 1 N–H and O–H groups in total. The number of carbonyl (C=O) groups excluding carboxylic acids is 1. The molecule has 0 fully saturated rings. The van der Waals surface area contributed by atoms with Crippen molar-refractivity contribution in [3.8, 4) is 5.69 Å². The van der Waals surface area contributed by atoms with E-state index in [1.54, 1.807) is 17.1 Å². The van der Waals surface area contributed by atoms with E-state index in [0.717, 1.165) is 21.7 Å². The minimum absolute atomic E-state index is 0.116. The number of hydrogen-bond acceptors (Lipinski definition) is 6. The van der Waals surface area contributed by atoms with Gasteiger partial charge in [-0.25, -0.2) is 4.98 Å². The van der Waals surface area contributed by atoms with Crippen LogP contribution in [0.1, 0.15) is 35.2 Å². The topological polar surface area (TPSA) is 72.7 Å². The molecule has 0 saturated heterocycles. The molecule has 1 amide bonds. The van der Waals surface area contributed by atoms with Crippen LogP contribution in [0.3, 0.4) is 0 Å². The maximum atomic E-state index is 12.1. The highest BCUT2D eigenvalue weighted by atomic mass is 32.2. The Bertz CT molecular complexity index is 873. The quantitative estimate of drug-likeness (QED) is 0.626. The maximum Gasteiger partial charge on any atom is 0.270 e. The predicted octanol–water partition coefficient (Wildman–Crippen LogP) is 3.71. The maximum absolute atomic E-state index is 12.1. The number of para-hydroxylation sites is 1. The van der Waals surface area contributed by atoms with E-state index in [2.05, 4.69) is 34.3 Å². The van der Waals surface area contributed by atoms with E-state index >= 15 is 0 Å². The lowest BCUT2D eigenvalue weighted by Crippen LogP contribution is -2.27. The number of amides is 1. The van der Waals surface area contributed by atoms with Crippen LogP contribution in [0.5, 0.6) is 0 Å². The molecule has 3 aromatic rings. The summed E-state index contributed by atoms with van der Waals surface area (Å²) < 4.78 is 2.02. The number of rotatable bonds is 7. The van der Waals surface area contributed by atoms with Crippen LogP contribution >= 0.6 is 23.1 Å². The van der Waals surface area contributed by atoms with Crippen LogP contribution in [0.2, 0.25) is 0 Å². The van der Waals surface area contributed by atoms with Crippen LogP contribution in [0.15, 0.2) is 40.9 Å². The van der Waals surface area contributed by atoms with Crippen molar-refractivity contribution < 1.29 is 4.79 Å². The van der Waals surface area contributed by atoms with E-state index in [0.29, 0.717) is 23.9 Å². The smallest absolute Gasteiger partial charge is 0.270 e. The van der Waals surface area contributed by atoms with Crippen molar-refractivity contribution >= 4 is 29.0 Å². The normalized spacial score (nSPS) is 11.1. The zero-order chi connectivity index (χ0) is 18.5. The van der Waals surface area contributed by atoms with E-state index in [-0.39, 0.29) is 5.91 Å². The molecule has 3 rings (SSSR count). The Balaban J connectivity index is 1.67. The molecule has 8 heteroatoms. The summed E-state index contributed by atoms with van der Waals surface area (Å²) in [6.45, 7) is 6.72. The van der Waals surface area contributed by atoms with Gasteiger partial charge in [0.25, 0.3) is 5.91 Å². The minimum Gasteiger partial charge on any atom is -0.350 e. The van der Waals surface area contributed by atoms with Crippen LogP contribution in [0, 0.1) is 12.8 Å². The summed E-state index contributed by atoms with van der Waals surface area (Å²) in [5.74, 6) is 1.79. The number of nitrogens with zero attached hydrogens (tertiary/aromatic N) is 4. The Labute approximate surface area is 161 Å². The molecule has 2 aromatic heterocycles. The first kappa shape index (κ1) is 18.6. The first-order valence-electron chi connectivity index (χ1n) is 8.37. The first-order chi connectivity index (χ1) is 12.5. The molecular weight excluding hydrogens is 366 g/mol. The summed E-state index contributed by atoms with van der Waals surface area (Å²) in [5, 5.41) is 14.9. The van der Waals surface area contributed by atoms with Crippen LogP contribution in [0.4, 0.5) is 0 Å². The zero-order valence-electron chi connectivity index (χ0n) is 15.0. The number of thiazole rings is 1. The molecule has 0 bridgehead atoms. The van der Waals surface area contributed by atoms with Crippen molar-refractivity contribution in [3.63, 3.8) is 0 Å². The second kappa shape index (κ2) is 8.46. The van der Waals surface area contributed by atoms with Gasteiger partial charge < -0.3 is 5.32 Å². The van der Waals surface area contributed by atoms with Crippen molar-refractivity contribution in [2.75, 3.05) is 6.54 Å². The number of aryl methyl sites for hydroxylation is 1. The Morgan fingerprint density at radius 3 is 2.77 bits per heavy atom. The number of hydrogen-bond donors (Lipinski definition) is 1. The summed E-state index contributed by atoms with van der Waals surface area (Å²) >= 11 is 3.05. The Morgan fingerprint density at radius 1 is 1.27 bits per heavy atom. The van der Waals surface area contributed by atoms with Crippen molar-refractivity contribution in [1.82, 2.24) is 25.1 Å². The summed E-state index contributed by atoms with van der Waals surface area (Å²) in [6, 6.07) is 10.0. The van der Waals surface area contributed by atoms with Crippen molar-refractivity contribution in [2.45, 2.75) is 31.7 Å². The van der Waals surface area contributed by atoms with Gasteiger partial charge in [-0.3, -0.25) is 9.36 Å². The molecule has 0 aliphatic carbocycles. The molecule has 2 heterocycles. The van der Waals surface area contributed by atoms with E-state index in [1.807, 2.05) is 41.8 Å². The van der Waals surface area contributed by atoms with Gasteiger partial charge >= 0.3 is 0 Å². The predicted molar refractivity (Wildman–Crippen MR) is 105 cm³/mol. The molecule has 0 unspecified atom stereocenters. The summed E-state index contributed by atoms with van der Waals surface area (Å²) in [5.41, 5.74) is 1.51. The fourth-order valence-corrected chi connectivity index (χ4v) is 4.10. The molecule has 0 atom stereocenters. The molecule has 136 valence electrons. The largest absolute Gasteiger partial charge is 0.350 e. The number of benzene rings is 1. The fraction of sp³-hybridized carbons (Fsp3) is 0.333. The summed E-state index contributed by atoms with van der Waals surface area (Å²) in [4.78, 5) is 16.5. The van der Waals surface area contributed by atoms with Crippen molar-refractivity contribution in [1.29, 1.82) is 0 Å². The van der Waals surface area contributed by atoms with Crippen molar-refractivity contribution in [3.05, 3.63) is 52.2 Å². The number of aromatic nitrogens is 4. The first-order valence-corrected chi connectivity index (χ1v) is 10.2. The van der Waals surface area contributed by atoms with Gasteiger partial charge in [0.15, 0.2) is 5.16 Å². The molecule has 6 nitrogen and oxygen atoms in total. The molecular formula is C18H21N5OS2. The summed E-state index contributed by atoms with van der Waals surface area (Å²) in [6.07, 6.45) is 0. The third-order valence-electron chi connectivity index (χ3n) is 3.59. The average molecular weight is 388 g/mol. The Kier molecular flexibility index (Phi) is 6.05. The molecule has 0 saturated carbocycles. The van der Waals surface area contributed by atoms with Crippen LogP contribution in [-0.4, -0.2) is 32.2 Å². The third-order valence-corrected chi connectivity index (χ3v) is 5.56. The lowest BCUT2D eigenvalue weighted by Gasteiger charge is -2.07. The molecule has 0 radical (unpaired) electrons. The minimum atomic E-state index is -0.116. The molecule has 0 aliphatic heterocycles. The molecule has 1 aromatic carbocycles. The van der Waals surface area contributed by atoms with Crippen molar-refractivity contribution in [2.24, 2.45) is 5.92 Å². The van der Waals surface area contributed by atoms with Crippen LogP contribution < -0.4 is 5.32 Å². The zero-order valence-corrected chi connectivity index (χ0v) is 16.6. The number of thioether (sulfide) groups is 1. The van der Waals surface area contributed by atoms with Gasteiger partial charge in [-0.1, -0.05) is 43.8 Å². The molecule has 26 heavy (non-hydrogen) atoms. The van der Waals surface area contributed by atoms with Gasteiger partial charge in [-0.2, -0.15) is 0 Å². The molecule has 0 spiro atoms. The second-order valence-corrected chi connectivity index (χ2v) is 8.10. The van der Waals surface area contributed by atoms with Gasteiger partial charge in [-0.05, 0) is 25.0 Å². The van der Waals surface area contributed by atoms with E-state index in [1.165, 1.54) is 11.3 Å². The lowest BCUT2D eigenvalue weighted by atomic mass is 10.2. The number of nitrogens with one attached hydrogen (secondary N) is 1. The van der Waals surface area contributed by atoms with Gasteiger partial charge in [0.2, 0.25) is 0 Å². The third kappa shape index (κ3) is 4.50.